The molecule has 2 aromatic rings. The van der Waals surface area contributed by atoms with Crippen LogP contribution in [0.25, 0.3) is 10.1 Å². The van der Waals surface area contributed by atoms with Gasteiger partial charge in [0.2, 0.25) is 0 Å². The van der Waals surface area contributed by atoms with Crippen LogP contribution in [0.2, 0.25) is 0 Å². The summed E-state index contributed by atoms with van der Waals surface area (Å²) in [7, 11) is -0.373. The Hall–Kier alpha value is -1.35. The average molecular weight is 285 g/mol. The minimum Gasteiger partial charge on any atom is -0.399 e. The number of thiophene rings is 1. The Morgan fingerprint density at radius 1 is 1.15 bits per heavy atom. The number of hydrogen-bond acceptors (Lipinski definition) is 4. The lowest BCUT2D eigenvalue weighted by Gasteiger charge is -2.32. The predicted molar refractivity (Wildman–Crippen MR) is 82.3 cm³/mol. The van der Waals surface area contributed by atoms with E-state index in [9.17, 15) is 5.26 Å². The first-order chi connectivity index (χ1) is 9.36. The fourth-order valence-electron chi connectivity index (χ4n) is 2.32. The second kappa shape index (κ2) is 4.32. The summed E-state index contributed by atoms with van der Waals surface area (Å²) in [5.41, 5.74) is 1.02. The van der Waals surface area contributed by atoms with Crippen molar-refractivity contribution in [2.75, 3.05) is 0 Å². The van der Waals surface area contributed by atoms with Crippen molar-refractivity contribution in [2.45, 2.75) is 38.9 Å². The Bertz CT molecular complexity index is 698. The maximum absolute atomic E-state index is 9.17. The number of nitrogens with zero attached hydrogens (tertiary/aromatic N) is 1. The first-order valence-corrected chi connectivity index (χ1v) is 7.49. The van der Waals surface area contributed by atoms with E-state index in [1.165, 1.54) is 0 Å². The maximum Gasteiger partial charge on any atom is 0.496 e. The fraction of sp³-hybridized carbons (Fsp3) is 0.400. The zero-order valence-electron chi connectivity index (χ0n) is 12.1. The smallest absolute Gasteiger partial charge is 0.399 e. The molecule has 0 aliphatic carbocycles. The molecular formula is C15H16BNO2S. The first-order valence-electron chi connectivity index (χ1n) is 6.61. The highest BCUT2D eigenvalue weighted by molar-refractivity contribution is 7.19. The predicted octanol–water partition coefficient (Wildman–Crippen LogP) is 3.07. The van der Waals surface area contributed by atoms with Crippen LogP contribution in [0.3, 0.4) is 0 Å². The van der Waals surface area contributed by atoms with Crippen molar-refractivity contribution in [3.8, 4) is 6.07 Å². The van der Waals surface area contributed by atoms with Gasteiger partial charge in [0, 0.05) is 5.46 Å². The normalized spacial score (nSPS) is 20.2. The molecule has 1 aromatic carbocycles. The van der Waals surface area contributed by atoms with Crippen molar-refractivity contribution in [2.24, 2.45) is 0 Å². The highest BCUT2D eigenvalue weighted by Crippen LogP contribution is 2.37. The van der Waals surface area contributed by atoms with Gasteiger partial charge in [0.15, 0.2) is 0 Å². The second-order valence-electron chi connectivity index (χ2n) is 6.07. The SMILES string of the molecule is CC1(C)OB(c2csc3c(C#N)cccc23)OC1(C)C. The van der Waals surface area contributed by atoms with Gasteiger partial charge >= 0.3 is 7.12 Å². The van der Waals surface area contributed by atoms with Gasteiger partial charge in [0.25, 0.3) is 0 Å². The molecule has 1 saturated heterocycles. The molecule has 1 aliphatic heterocycles. The molecule has 0 atom stereocenters. The molecule has 2 heterocycles. The Kier molecular flexibility index (Phi) is 2.95. The summed E-state index contributed by atoms with van der Waals surface area (Å²) in [6.07, 6.45) is 0. The van der Waals surface area contributed by atoms with E-state index in [0.717, 1.165) is 15.5 Å². The van der Waals surface area contributed by atoms with E-state index in [-0.39, 0.29) is 18.3 Å². The van der Waals surface area contributed by atoms with Crippen molar-refractivity contribution in [3.63, 3.8) is 0 Å². The molecule has 1 aromatic heterocycles. The summed E-state index contributed by atoms with van der Waals surface area (Å²) >= 11 is 1.57. The lowest BCUT2D eigenvalue weighted by atomic mass is 9.79. The van der Waals surface area contributed by atoms with Crippen molar-refractivity contribution in [3.05, 3.63) is 29.1 Å². The molecule has 0 bridgehead atoms. The van der Waals surface area contributed by atoms with E-state index in [1.807, 2.05) is 51.3 Å². The Labute approximate surface area is 123 Å². The third-order valence-electron chi connectivity index (χ3n) is 4.26. The van der Waals surface area contributed by atoms with E-state index in [1.54, 1.807) is 11.3 Å². The zero-order valence-corrected chi connectivity index (χ0v) is 12.9. The van der Waals surface area contributed by atoms with Crippen LogP contribution in [0.5, 0.6) is 0 Å². The van der Waals surface area contributed by atoms with Crippen molar-refractivity contribution in [1.29, 1.82) is 5.26 Å². The Balaban J connectivity index is 2.08. The molecule has 1 fully saturated rings. The van der Waals surface area contributed by atoms with Crippen LogP contribution in [0, 0.1) is 11.3 Å². The summed E-state index contributed by atoms with van der Waals surface area (Å²) in [5.74, 6) is 0. The average Bonchev–Trinajstić information content (AvgIpc) is 2.88. The summed E-state index contributed by atoms with van der Waals surface area (Å²) in [6.45, 7) is 8.18. The summed E-state index contributed by atoms with van der Waals surface area (Å²) in [5, 5.41) is 12.3. The molecule has 3 nitrogen and oxygen atoms in total. The summed E-state index contributed by atoms with van der Waals surface area (Å²) in [6, 6.07) is 8.00. The zero-order chi connectivity index (χ0) is 14.5. The number of benzene rings is 1. The van der Waals surface area contributed by atoms with Gasteiger partial charge in [-0.15, -0.1) is 11.3 Å². The van der Waals surface area contributed by atoms with Gasteiger partial charge in [0.1, 0.15) is 6.07 Å². The molecule has 3 rings (SSSR count). The van der Waals surface area contributed by atoms with E-state index in [4.69, 9.17) is 9.31 Å². The van der Waals surface area contributed by atoms with Gasteiger partial charge in [0.05, 0.1) is 21.5 Å². The second-order valence-corrected chi connectivity index (χ2v) is 6.95. The van der Waals surface area contributed by atoms with E-state index < -0.39 is 0 Å². The Morgan fingerprint density at radius 2 is 1.80 bits per heavy atom. The molecule has 0 N–H and O–H groups in total. The molecule has 0 unspecified atom stereocenters. The number of hydrogen-bond donors (Lipinski definition) is 0. The molecule has 0 saturated carbocycles. The van der Waals surface area contributed by atoms with Gasteiger partial charge in [-0.3, -0.25) is 0 Å². The van der Waals surface area contributed by atoms with Crippen LogP contribution < -0.4 is 5.46 Å². The van der Waals surface area contributed by atoms with Gasteiger partial charge in [-0.25, -0.2) is 0 Å². The van der Waals surface area contributed by atoms with E-state index >= 15 is 0 Å². The van der Waals surface area contributed by atoms with Gasteiger partial charge in [-0.2, -0.15) is 5.26 Å². The minimum absolute atomic E-state index is 0.348. The maximum atomic E-state index is 9.17. The van der Waals surface area contributed by atoms with Crippen LogP contribution in [-0.2, 0) is 9.31 Å². The molecule has 1 aliphatic rings. The van der Waals surface area contributed by atoms with Crippen LogP contribution in [0.15, 0.2) is 23.6 Å². The monoisotopic (exact) mass is 285 g/mol. The van der Waals surface area contributed by atoms with Crippen molar-refractivity contribution < 1.29 is 9.31 Å². The Morgan fingerprint density at radius 3 is 2.40 bits per heavy atom. The molecular weight excluding hydrogens is 269 g/mol. The largest absolute Gasteiger partial charge is 0.496 e. The van der Waals surface area contributed by atoms with E-state index in [2.05, 4.69) is 6.07 Å². The summed E-state index contributed by atoms with van der Waals surface area (Å²) in [4.78, 5) is 0. The van der Waals surface area contributed by atoms with Gasteiger partial charge in [-0.05, 0) is 44.5 Å². The van der Waals surface area contributed by atoms with Gasteiger partial charge in [-0.1, -0.05) is 12.1 Å². The van der Waals surface area contributed by atoms with E-state index in [0.29, 0.717) is 5.56 Å². The van der Waals surface area contributed by atoms with Crippen molar-refractivity contribution >= 4 is 34.0 Å². The van der Waals surface area contributed by atoms with Crippen LogP contribution in [0.1, 0.15) is 33.3 Å². The highest BCUT2D eigenvalue weighted by Gasteiger charge is 2.52. The molecule has 0 radical (unpaired) electrons. The molecule has 5 heteroatoms. The first kappa shape index (κ1) is 13.6. The van der Waals surface area contributed by atoms with Crippen LogP contribution in [-0.4, -0.2) is 18.3 Å². The lowest BCUT2D eigenvalue weighted by Crippen LogP contribution is -2.41. The van der Waals surface area contributed by atoms with Crippen molar-refractivity contribution in [1.82, 2.24) is 0 Å². The van der Waals surface area contributed by atoms with Crippen LogP contribution >= 0.6 is 11.3 Å². The number of nitriles is 1. The van der Waals surface area contributed by atoms with Crippen LogP contribution in [0.4, 0.5) is 0 Å². The standard InChI is InChI=1S/C15H16BNO2S/c1-14(2)15(3,4)19-16(18-14)12-9-20-13-10(8-17)6-5-7-11(12)13/h5-7,9H,1-4H3. The molecule has 102 valence electrons. The lowest BCUT2D eigenvalue weighted by molar-refractivity contribution is 0.00578. The van der Waals surface area contributed by atoms with Gasteiger partial charge < -0.3 is 9.31 Å². The molecule has 0 spiro atoms. The molecule has 20 heavy (non-hydrogen) atoms. The minimum atomic E-state index is -0.373. The fourth-order valence-corrected chi connectivity index (χ4v) is 3.35. The summed E-state index contributed by atoms with van der Waals surface area (Å²) < 4.78 is 13.2. The highest BCUT2D eigenvalue weighted by atomic mass is 32.1. The third-order valence-corrected chi connectivity index (χ3v) is 5.30. The molecule has 0 amide bonds. The quantitative estimate of drug-likeness (QED) is 0.756. The third kappa shape index (κ3) is 1.88. The number of fused-ring (bicyclic) bond motifs is 1. The topological polar surface area (TPSA) is 42.2 Å². The number of rotatable bonds is 1.